The summed E-state index contributed by atoms with van der Waals surface area (Å²) in [6.07, 6.45) is 6.09. The molecule has 1 N–H and O–H groups in total. The zero-order chi connectivity index (χ0) is 15.2. The highest BCUT2D eigenvalue weighted by Gasteiger charge is 2.30. The van der Waals surface area contributed by atoms with Gasteiger partial charge in [0, 0.05) is 31.2 Å². The Bertz CT molecular complexity index is 567. The third kappa shape index (κ3) is 3.99. The molecule has 0 unspecified atom stereocenters. The Kier molecular flexibility index (Phi) is 5.57. The normalized spacial score (nSPS) is 12.7. The molecule has 1 aromatic rings. The molecule has 0 radical (unpaired) electrons. The number of rotatable bonds is 6. The summed E-state index contributed by atoms with van der Waals surface area (Å²) in [5.41, 5.74) is 1.23. The number of carboxylic acids is 1. The number of aliphatic imine (C=N–C) groups is 2. The van der Waals surface area contributed by atoms with Crippen LogP contribution in [-0.2, 0) is 4.79 Å². The van der Waals surface area contributed by atoms with E-state index < -0.39 is 10.7 Å². The average Bonchev–Trinajstić information content (AvgIpc) is 2.38. The molecule has 0 saturated carbocycles. The van der Waals surface area contributed by atoms with Crippen LogP contribution in [0.4, 0.5) is 0 Å². The Hall–Kier alpha value is -2.02. The van der Waals surface area contributed by atoms with Crippen molar-refractivity contribution in [2.75, 3.05) is 7.05 Å². The summed E-state index contributed by atoms with van der Waals surface area (Å²) >= 11 is 1.17. The molecule has 0 bridgehead atoms. The Morgan fingerprint density at radius 2 is 2.25 bits per heavy atom. The summed E-state index contributed by atoms with van der Waals surface area (Å²) in [5, 5.41) is 9.21. The number of hydrogen-bond acceptors (Lipinski definition) is 6. The van der Waals surface area contributed by atoms with E-state index in [9.17, 15) is 9.90 Å². The third-order valence-electron chi connectivity index (χ3n) is 2.33. The number of aromatic nitrogens is 2. The second-order valence-electron chi connectivity index (χ2n) is 4.31. The van der Waals surface area contributed by atoms with Crippen LogP contribution < -0.4 is 0 Å². The molecule has 0 spiro atoms. The first kappa shape index (κ1) is 16.0. The van der Waals surface area contributed by atoms with Gasteiger partial charge in [-0.15, -0.1) is 11.8 Å². The van der Waals surface area contributed by atoms with Gasteiger partial charge in [-0.05, 0) is 20.6 Å². The van der Waals surface area contributed by atoms with Gasteiger partial charge in [0.2, 0.25) is 0 Å². The summed E-state index contributed by atoms with van der Waals surface area (Å²) in [6, 6.07) is 0. The highest BCUT2D eigenvalue weighted by Crippen LogP contribution is 2.35. The van der Waals surface area contributed by atoms with E-state index in [0.717, 1.165) is 0 Å². The van der Waals surface area contributed by atoms with Crippen molar-refractivity contribution in [3.05, 3.63) is 24.4 Å². The molecule has 0 atom stereocenters. The van der Waals surface area contributed by atoms with Crippen LogP contribution in [0.1, 0.15) is 19.5 Å². The minimum absolute atomic E-state index is 0.581. The van der Waals surface area contributed by atoms with Crippen LogP contribution in [0.5, 0.6) is 0 Å². The number of allylic oxidation sites excluding steroid dienone is 1. The Morgan fingerprint density at radius 1 is 1.55 bits per heavy atom. The summed E-state index contributed by atoms with van der Waals surface area (Å²) < 4.78 is -0.991. The van der Waals surface area contributed by atoms with Crippen LogP contribution in [0, 0.1) is 0 Å². The van der Waals surface area contributed by atoms with Crippen LogP contribution in [0.25, 0.3) is 5.57 Å². The van der Waals surface area contributed by atoms with E-state index in [1.165, 1.54) is 24.3 Å². The summed E-state index contributed by atoms with van der Waals surface area (Å²) in [5.74, 6) is -0.908. The molecule has 1 rings (SSSR count). The number of aliphatic carboxylic acids is 1. The van der Waals surface area contributed by atoms with Crippen LogP contribution in [0.15, 0.2) is 33.6 Å². The van der Waals surface area contributed by atoms with Gasteiger partial charge < -0.3 is 5.11 Å². The van der Waals surface area contributed by atoms with Crippen LogP contribution in [-0.4, -0.2) is 45.8 Å². The summed E-state index contributed by atoms with van der Waals surface area (Å²) in [7, 11) is 1.63. The second kappa shape index (κ2) is 6.95. The van der Waals surface area contributed by atoms with Crippen molar-refractivity contribution in [3.8, 4) is 0 Å². The predicted molar refractivity (Wildman–Crippen MR) is 81.5 cm³/mol. The average molecular weight is 292 g/mol. The van der Waals surface area contributed by atoms with Gasteiger partial charge in [0.1, 0.15) is 11.1 Å². The molecule has 1 heterocycles. The summed E-state index contributed by atoms with van der Waals surface area (Å²) in [6.45, 7) is 6.66. The highest BCUT2D eigenvalue weighted by atomic mass is 32.2. The molecule has 7 heteroatoms. The zero-order valence-corrected chi connectivity index (χ0v) is 12.4. The van der Waals surface area contributed by atoms with Crippen molar-refractivity contribution < 1.29 is 9.90 Å². The van der Waals surface area contributed by atoms with Gasteiger partial charge in [0.25, 0.3) is 0 Å². The smallest absolute Gasteiger partial charge is 0.319 e. The fraction of sp³-hybridized carbons (Fsp3) is 0.308. The van der Waals surface area contributed by atoms with E-state index in [1.54, 1.807) is 33.3 Å². The molecule has 0 amide bonds. The zero-order valence-electron chi connectivity index (χ0n) is 11.6. The van der Waals surface area contributed by atoms with Gasteiger partial charge in [0.15, 0.2) is 0 Å². The third-order valence-corrected chi connectivity index (χ3v) is 3.53. The van der Waals surface area contributed by atoms with E-state index >= 15 is 0 Å². The van der Waals surface area contributed by atoms with Gasteiger partial charge in [-0.3, -0.25) is 14.8 Å². The molecule has 6 nitrogen and oxygen atoms in total. The van der Waals surface area contributed by atoms with Crippen LogP contribution in [0.3, 0.4) is 0 Å². The maximum absolute atomic E-state index is 11.2. The van der Waals surface area contributed by atoms with Crippen molar-refractivity contribution in [3.63, 3.8) is 0 Å². The minimum Gasteiger partial charge on any atom is -0.480 e. The fourth-order valence-electron chi connectivity index (χ4n) is 1.32. The SMILES string of the molecule is C=N/C=C(\C=NC)c1ncncc1SC(C)(C)C(=O)O. The van der Waals surface area contributed by atoms with E-state index in [2.05, 4.69) is 26.7 Å². The quantitative estimate of drug-likeness (QED) is 0.641. The number of carbonyl (C=O) groups is 1. The van der Waals surface area contributed by atoms with E-state index in [-0.39, 0.29) is 0 Å². The van der Waals surface area contributed by atoms with Crippen LogP contribution in [0.2, 0.25) is 0 Å². The molecule has 0 aromatic carbocycles. The molecular weight excluding hydrogens is 276 g/mol. The van der Waals surface area contributed by atoms with Gasteiger partial charge in [-0.25, -0.2) is 9.97 Å². The number of nitrogens with zero attached hydrogens (tertiary/aromatic N) is 4. The minimum atomic E-state index is -0.991. The molecular formula is C13H16N4O2S. The monoisotopic (exact) mass is 292 g/mol. The van der Waals surface area contributed by atoms with Gasteiger partial charge >= 0.3 is 5.97 Å². The van der Waals surface area contributed by atoms with E-state index in [1.807, 2.05) is 0 Å². The van der Waals surface area contributed by atoms with E-state index in [4.69, 9.17) is 0 Å². The lowest BCUT2D eigenvalue weighted by Crippen LogP contribution is -2.27. The molecule has 20 heavy (non-hydrogen) atoms. The van der Waals surface area contributed by atoms with Gasteiger partial charge in [-0.2, -0.15) is 0 Å². The molecule has 0 fully saturated rings. The number of carboxylic acid groups (broad SMARTS) is 1. The lowest BCUT2D eigenvalue weighted by atomic mass is 10.2. The summed E-state index contributed by atoms with van der Waals surface area (Å²) in [4.78, 5) is 27.7. The van der Waals surface area contributed by atoms with Crippen molar-refractivity contribution in [1.29, 1.82) is 0 Å². The number of thioether (sulfide) groups is 1. The first-order chi connectivity index (χ1) is 9.42. The molecule has 1 aromatic heterocycles. The standard InChI is InChI=1S/C13H16N4O2S/c1-13(2,12(18)19)20-10-7-16-8-17-11(10)9(5-14-3)6-15-4/h5-8H,3H2,1-2,4H3,(H,18,19)/b9-5+,15-6?. The predicted octanol–water partition coefficient (Wildman–Crippen LogP) is 2.17. The first-order valence-corrected chi connectivity index (χ1v) is 6.55. The first-order valence-electron chi connectivity index (χ1n) is 5.73. The van der Waals surface area contributed by atoms with Crippen molar-refractivity contribution in [1.82, 2.24) is 9.97 Å². The molecule has 0 aliphatic heterocycles. The van der Waals surface area contributed by atoms with Gasteiger partial charge in [0.05, 0.1) is 10.6 Å². The Balaban J connectivity index is 3.26. The Morgan fingerprint density at radius 3 is 2.80 bits per heavy atom. The Labute approximate surface area is 121 Å². The second-order valence-corrected chi connectivity index (χ2v) is 5.97. The maximum atomic E-state index is 11.2. The molecule has 0 saturated heterocycles. The molecule has 106 valence electrons. The van der Waals surface area contributed by atoms with Crippen molar-refractivity contribution in [2.45, 2.75) is 23.5 Å². The number of hydrogen-bond donors (Lipinski definition) is 1. The van der Waals surface area contributed by atoms with Gasteiger partial charge in [-0.1, -0.05) is 0 Å². The van der Waals surface area contributed by atoms with Crippen molar-refractivity contribution >= 4 is 36.2 Å². The topological polar surface area (TPSA) is 87.8 Å². The fourth-order valence-corrected chi connectivity index (χ4v) is 2.34. The molecule has 0 aliphatic rings. The lowest BCUT2D eigenvalue weighted by molar-refractivity contribution is -0.138. The van der Waals surface area contributed by atoms with Crippen molar-refractivity contribution in [2.24, 2.45) is 9.98 Å². The van der Waals surface area contributed by atoms with E-state index in [0.29, 0.717) is 16.2 Å². The lowest BCUT2D eigenvalue weighted by Gasteiger charge is -2.19. The maximum Gasteiger partial charge on any atom is 0.319 e. The highest BCUT2D eigenvalue weighted by molar-refractivity contribution is 8.01. The largest absolute Gasteiger partial charge is 0.480 e. The molecule has 0 aliphatic carbocycles. The van der Waals surface area contributed by atoms with Crippen LogP contribution >= 0.6 is 11.8 Å².